The molecule has 0 saturated carbocycles. The first kappa shape index (κ1) is 26.2. The van der Waals surface area contributed by atoms with Gasteiger partial charge in [0, 0.05) is 6.04 Å². The summed E-state index contributed by atoms with van der Waals surface area (Å²) in [6.07, 6.45) is 1.21. The molecule has 1 aliphatic rings. The average molecular weight is 429 g/mol. The molecule has 0 radical (unpaired) electrons. The van der Waals surface area contributed by atoms with Crippen LogP contribution in [0.15, 0.2) is 0 Å². The predicted octanol–water partition coefficient (Wildman–Crippen LogP) is 0.987. The van der Waals surface area contributed by atoms with Gasteiger partial charge in [-0.1, -0.05) is 27.7 Å². The van der Waals surface area contributed by atoms with Crippen LogP contribution in [0.4, 0.5) is 4.79 Å². The van der Waals surface area contributed by atoms with E-state index in [2.05, 4.69) is 10.6 Å². The summed E-state index contributed by atoms with van der Waals surface area (Å²) >= 11 is 0. The highest BCUT2D eigenvalue weighted by Crippen LogP contribution is 2.19. The van der Waals surface area contributed by atoms with Gasteiger partial charge in [0.15, 0.2) is 0 Å². The molecule has 9 nitrogen and oxygen atoms in total. The summed E-state index contributed by atoms with van der Waals surface area (Å²) in [7, 11) is 1.29. The Kier molecular flexibility index (Phi) is 10.6. The van der Waals surface area contributed by atoms with Crippen molar-refractivity contribution in [2.45, 2.75) is 90.6 Å². The fourth-order valence-electron chi connectivity index (χ4n) is 3.69. The third-order valence-electron chi connectivity index (χ3n) is 5.42. The zero-order chi connectivity index (χ0) is 23.0. The lowest BCUT2D eigenvalue weighted by Crippen LogP contribution is -2.55. The average Bonchev–Trinajstić information content (AvgIpc) is 2.79. The number of hydrogen-bond donors (Lipinski definition) is 4. The van der Waals surface area contributed by atoms with Crippen LogP contribution in [0.5, 0.6) is 0 Å². The molecule has 1 rings (SSSR count). The summed E-state index contributed by atoms with van der Waals surface area (Å²) in [4.78, 5) is 38.8. The van der Waals surface area contributed by atoms with Gasteiger partial charge in [0.25, 0.3) is 0 Å². The normalized spacial score (nSPS) is 24.2. The number of rotatable bonds is 8. The molecule has 0 aliphatic carbocycles. The van der Waals surface area contributed by atoms with E-state index >= 15 is 0 Å². The fraction of sp³-hybridized carbons (Fsp3) is 0.857. The minimum Gasteiger partial charge on any atom is -0.467 e. The lowest BCUT2D eigenvalue weighted by Gasteiger charge is -2.31. The molecule has 1 aliphatic heterocycles. The molecule has 9 heteroatoms. The summed E-state index contributed by atoms with van der Waals surface area (Å²) in [6.45, 7) is 9.83. The predicted molar refractivity (Wildman–Crippen MR) is 115 cm³/mol. The van der Waals surface area contributed by atoms with Gasteiger partial charge >= 0.3 is 12.0 Å². The quantitative estimate of drug-likeness (QED) is 0.426. The van der Waals surface area contributed by atoms with Crippen molar-refractivity contribution >= 4 is 17.9 Å². The van der Waals surface area contributed by atoms with E-state index in [0.717, 1.165) is 0 Å². The van der Waals surface area contributed by atoms with Crippen LogP contribution < -0.4 is 16.4 Å². The van der Waals surface area contributed by atoms with Gasteiger partial charge in [-0.15, -0.1) is 0 Å². The van der Waals surface area contributed by atoms with E-state index < -0.39 is 36.2 Å². The summed E-state index contributed by atoms with van der Waals surface area (Å²) in [5.74, 6) is -0.306. The van der Waals surface area contributed by atoms with E-state index in [1.165, 1.54) is 12.0 Å². The molecule has 0 aromatic carbocycles. The van der Waals surface area contributed by atoms with Crippen LogP contribution in [0.2, 0.25) is 0 Å². The first-order chi connectivity index (χ1) is 14.0. The van der Waals surface area contributed by atoms with Crippen molar-refractivity contribution in [2.24, 2.45) is 17.6 Å². The van der Waals surface area contributed by atoms with Crippen molar-refractivity contribution < 1.29 is 24.2 Å². The number of aliphatic hydroxyl groups is 1. The molecule has 5 atom stereocenters. The van der Waals surface area contributed by atoms with E-state index in [1.54, 1.807) is 0 Å². The van der Waals surface area contributed by atoms with Gasteiger partial charge in [-0.25, -0.2) is 9.59 Å². The lowest BCUT2D eigenvalue weighted by molar-refractivity contribution is -0.143. The summed E-state index contributed by atoms with van der Waals surface area (Å²) in [6, 6.07) is -2.46. The Morgan fingerprint density at radius 1 is 1.13 bits per heavy atom. The number of amides is 3. The second-order valence-electron chi connectivity index (χ2n) is 9.15. The van der Waals surface area contributed by atoms with Gasteiger partial charge in [0.1, 0.15) is 6.04 Å². The number of methoxy groups -OCH3 is 1. The number of esters is 1. The zero-order valence-corrected chi connectivity index (χ0v) is 19.2. The van der Waals surface area contributed by atoms with E-state index in [9.17, 15) is 19.5 Å². The van der Waals surface area contributed by atoms with Gasteiger partial charge in [-0.2, -0.15) is 0 Å². The SMILES string of the molecule is COC(=O)[C@H](CC(C)C)NC(=O)N1CC(O)[C@@H](NC(=O)[C@@H](N)CC(C)C)CC[C@H]1C. The Hall–Kier alpha value is -1.87. The molecular weight excluding hydrogens is 388 g/mol. The minimum atomic E-state index is -0.933. The number of ether oxygens (including phenoxy) is 1. The molecule has 0 aromatic rings. The summed E-state index contributed by atoms with van der Waals surface area (Å²) in [5.41, 5.74) is 5.95. The Bertz CT molecular complexity index is 584. The van der Waals surface area contributed by atoms with Crippen LogP contribution in [-0.4, -0.2) is 71.8 Å². The summed E-state index contributed by atoms with van der Waals surface area (Å²) in [5, 5.41) is 16.2. The maximum absolute atomic E-state index is 12.9. The maximum Gasteiger partial charge on any atom is 0.328 e. The molecule has 1 fully saturated rings. The molecule has 3 amide bonds. The first-order valence-electron chi connectivity index (χ1n) is 10.8. The van der Waals surface area contributed by atoms with Crippen LogP contribution >= 0.6 is 0 Å². The molecular formula is C21H40N4O5. The van der Waals surface area contributed by atoms with E-state index in [4.69, 9.17) is 10.5 Å². The Balaban J connectivity index is 2.79. The number of carbonyl (C=O) groups is 3. The van der Waals surface area contributed by atoms with Gasteiger partial charge in [-0.3, -0.25) is 4.79 Å². The van der Waals surface area contributed by atoms with E-state index in [0.29, 0.717) is 25.7 Å². The van der Waals surface area contributed by atoms with Gasteiger partial charge in [0.05, 0.1) is 31.8 Å². The van der Waals surface area contributed by atoms with Crippen molar-refractivity contribution in [1.82, 2.24) is 15.5 Å². The maximum atomic E-state index is 12.9. The van der Waals surface area contributed by atoms with Gasteiger partial charge < -0.3 is 31.1 Å². The molecule has 30 heavy (non-hydrogen) atoms. The largest absolute Gasteiger partial charge is 0.467 e. The molecule has 1 saturated heterocycles. The van der Waals surface area contributed by atoms with Crippen LogP contribution in [0, 0.1) is 11.8 Å². The minimum absolute atomic E-state index is 0.0485. The summed E-state index contributed by atoms with van der Waals surface area (Å²) < 4.78 is 4.80. The molecule has 174 valence electrons. The van der Waals surface area contributed by atoms with Crippen molar-refractivity contribution in [3.05, 3.63) is 0 Å². The Morgan fingerprint density at radius 2 is 1.73 bits per heavy atom. The number of urea groups is 1. The molecule has 0 bridgehead atoms. The van der Waals surface area contributed by atoms with Crippen LogP contribution in [0.1, 0.15) is 60.3 Å². The number of likely N-dealkylation sites (tertiary alicyclic amines) is 1. The first-order valence-corrected chi connectivity index (χ1v) is 10.8. The van der Waals surface area contributed by atoms with Crippen molar-refractivity contribution in [3.8, 4) is 0 Å². The number of nitrogens with two attached hydrogens (primary N) is 1. The second-order valence-corrected chi connectivity index (χ2v) is 9.15. The highest BCUT2D eigenvalue weighted by molar-refractivity contribution is 5.84. The van der Waals surface area contributed by atoms with E-state index in [1.807, 2.05) is 34.6 Å². The molecule has 0 aromatic heterocycles. The monoisotopic (exact) mass is 428 g/mol. The number of nitrogens with zero attached hydrogens (tertiary/aromatic N) is 1. The highest BCUT2D eigenvalue weighted by atomic mass is 16.5. The van der Waals surface area contributed by atoms with Crippen LogP contribution in [0.25, 0.3) is 0 Å². The van der Waals surface area contributed by atoms with Crippen molar-refractivity contribution in [2.75, 3.05) is 13.7 Å². The standard InChI is InChI=1S/C21H40N4O5/c1-12(2)9-15(22)19(27)23-16-8-7-14(5)25(11-18(16)26)21(29)24-17(10-13(3)4)20(28)30-6/h12-18,26H,7-11,22H2,1-6H3,(H,23,27)(H,24,29)/t14-,15+,16+,17+,18?/m1/s1. The topological polar surface area (TPSA) is 134 Å². The second kappa shape index (κ2) is 12.1. The zero-order valence-electron chi connectivity index (χ0n) is 19.2. The third kappa shape index (κ3) is 8.10. The molecule has 0 spiro atoms. The number of hydrogen-bond acceptors (Lipinski definition) is 6. The number of aliphatic hydroxyl groups excluding tert-OH is 1. The van der Waals surface area contributed by atoms with Crippen molar-refractivity contribution in [1.29, 1.82) is 0 Å². The molecule has 5 N–H and O–H groups in total. The van der Waals surface area contributed by atoms with Crippen LogP contribution in [0.3, 0.4) is 0 Å². The highest BCUT2D eigenvalue weighted by Gasteiger charge is 2.35. The number of nitrogens with one attached hydrogen (secondary N) is 2. The fourth-order valence-corrected chi connectivity index (χ4v) is 3.69. The smallest absolute Gasteiger partial charge is 0.328 e. The van der Waals surface area contributed by atoms with E-state index in [-0.39, 0.29) is 30.3 Å². The van der Waals surface area contributed by atoms with Crippen molar-refractivity contribution in [3.63, 3.8) is 0 Å². The Morgan fingerprint density at radius 3 is 2.27 bits per heavy atom. The Labute approximate surface area is 180 Å². The van der Waals surface area contributed by atoms with Gasteiger partial charge in [-0.05, 0) is 44.4 Å². The number of β-amino-alcohol motifs (C(OH)–C–C–N with tert-alkyl or cyclic N) is 1. The molecule has 1 heterocycles. The van der Waals surface area contributed by atoms with Crippen LogP contribution in [-0.2, 0) is 14.3 Å². The number of carbonyl (C=O) groups excluding carboxylic acids is 3. The molecule has 1 unspecified atom stereocenters. The van der Waals surface area contributed by atoms with Gasteiger partial charge in [0.2, 0.25) is 5.91 Å². The third-order valence-corrected chi connectivity index (χ3v) is 5.42. The lowest BCUT2D eigenvalue weighted by atomic mass is 10.0.